The predicted octanol–water partition coefficient (Wildman–Crippen LogP) is 2.25. The van der Waals surface area contributed by atoms with Crippen LogP contribution in [0, 0.1) is 15.5 Å². The van der Waals surface area contributed by atoms with Crippen LogP contribution in [0.5, 0.6) is 0 Å². The van der Waals surface area contributed by atoms with Crippen LogP contribution in [0.1, 0.15) is 18.9 Å². The molecule has 1 fully saturated rings. The van der Waals surface area contributed by atoms with Crippen LogP contribution in [-0.4, -0.2) is 29.5 Å². The Labute approximate surface area is 117 Å². The summed E-state index contributed by atoms with van der Waals surface area (Å²) in [6, 6.07) is 1.67. The van der Waals surface area contributed by atoms with Gasteiger partial charge in [0, 0.05) is 24.5 Å². The van der Waals surface area contributed by atoms with Gasteiger partial charge in [-0.15, -0.1) is 12.4 Å². The third-order valence-corrected chi connectivity index (χ3v) is 4.28. The Balaban J connectivity index is 0.00000162. The molecule has 18 heavy (non-hydrogen) atoms. The molecule has 1 aliphatic rings. The normalized spacial score (nSPS) is 23.9. The van der Waals surface area contributed by atoms with E-state index < -0.39 is 0 Å². The smallest absolute Gasteiger partial charge is 0.324 e. The van der Waals surface area contributed by atoms with Crippen molar-refractivity contribution in [3.8, 4) is 0 Å². The van der Waals surface area contributed by atoms with E-state index in [0.29, 0.717) is 6.54 Å². The lowest BCUT2D eigenvalue weighted by molar-refractivity contribution is -0.380. The average molecular weight is 292 g/mol. The molecule has 1 saturated heterocycles. The average Bonchev–Trinajstić information content (AvgIpc) is 2.87. The number of rotatable bonds is 4. The summed E-state index contributed by atoms with van der Waals surface area (Å²) >= 11 is 1.20. The largest absolute Gasteiger partial charge is 0.330 e. The minimum Gasteiger partial charge on any atom is -0.330 e. The van der Waals surface area contributed by atoms with Crippen molar-refractivity contribution >= 4 is 28.7 Å². The molecule has 0 aromatic carbocycles. The molecular weight excluding hydrogens is 274 g/mol. The first-order valence-corrected chi connectivity index (χ1v) is 6.55. The molecule has 5 nitrogen and oxygen atoms in total. The first kappa shape index (κ1) is 15.4. The molecule has 2 heterocycles. The van der Waals surface area contributed by atoms with E-state index in [2.05, 4.69) is 11.8 Å². The summed E-state index contributed by atoms with van der Waals surface area (Å²) in [6.45, 7) is 5.70. The first-order chi connectivity index (χ1) is 8.02. The molecular formula is C11H18ClN3O2S. The zero-order chi connectivity index (χ0) is 12.5. The minimum atomic E-state index is -0.331. The van der Waals surface area contributed by atoms with Crippen LogP contribution in [0.25, 0.3) is 0 Å². The molecule has 1 atom stereocenters. The lowest BCUT2D eigenvalue weighted by atomic mass is 9.90. The van der Waals surface area contributed by atoms with E-state index in [9.17, 15) is 10.1 Å². The topological polar surface area (TPSA) is 72.4 Å². The van der Waals surface area contributed by atoms with E-state index in [1.807, 2.05) is 5.38 Å². The van der Waals surface area contributed by atoms with Gasteiger partial charge in [-0.1, -0.05) is 18.3 Å². The Morgan fingerprint density at radius 3 is 2.89 bits per heavy atom. The number of likely N-dealkylation sites (tertiary alicyclic amines) is 1. The van der Waals surface area contributed by atoms with Gasteiger partial charge in [-0.3, -0.25) is 15.0 Å². The van der Waals surface area contributed by atoms with Gasteiger partial charge in [-0.25, -0.2) is 0 Å². The Bertz CT molecular complexity index is 426. The van der Waals surface area contributed by atoms with Gasteiger partial charge in [0.15, 0.2) is 0 Å². The maximum atomic E-state index is 10.6. The molecule has 0 spiro atoms. The highest BCUT2D eigenvalue weighted by Gasteiger charge is 2.32. The molecule has 0 amide bonds. The molecule has 7 heteroatoms. The summed E-state index contributed by atoms with van der Waals surface area (Å²) in [7, 11) is 0. The second-order valence-corrected chi connectivity index (χ2v) is 5.92. The highest BCUT2D eigenvalue weighted by atomic mass is 35.5. The second-order valence-electron chi connectivity index (χ2n) is 5.03. The van der Waals surface area contributed by atoms with E-state index >= 15 is 0 Å². The van der Waals surface area contributed by atoms with Gasteiger partial charge in [0.05, 0.1) is 4.92 Å². The molecule has 1 aromatic heterocycles. The van der Waals surface area contributed by atoms with Gasteiger partial charge >= 0.3 is 5.00 Å². The van der Waals surface area contributed by atoms with Crippen LogP contribution < -0.4 is 5.73 Å². The highest BCUT2D eigenvalue weighted by molar-refractivity contribution is 7.13. The first-order valence-electron chi connectivity index (χ1n) is 5.67. The Morgan fingerprint density at radius 1 is 1.67 bits per heavy atom. The van der Waals surface area contributed by atoms with E-state index in [-0.39, 0.29) is 27.7 Å². The van der Waals surface area contributed by atoms with Crippen LogP contribution in [0.15, 0.2) is 11.4 Å². The van der Waals surface area contributed by atoms with Crippen LogP contribution >= 0.6 is 23.7 Å². The third-order valence-electron chi connectivity index (χ3n) is 3.36. The minimum absolute atomic E-state index is 0. The van der Waals surface area contributed by atoms with Crippen molar-refractivity contribution in [2.45, 2.75) is 19.9 Å². The van der Waals surface area contributed by atoms with Gasteiger partial charge in [-0.05, 0) is 30.5 Å². The number of hydrogen-bond donors (Lipinski definition) is 1. The van der Waals surface area contributed by atoms with Crippen LogP contribution in [0.2, 0.25) is 0 Å². The monoisotopic (exact) mass is 291 g/mol. The van der Waals surface area contributed by atoms with Gasteiger partial charge in [0.2, 0.25) is 0 Å². The molecule has 1 unspecified atom stereocenters. The lowest BCUT2D eigenvalue weighted by Gasteiger charge is -2.22. The number of nitrogens with two attached hydrogens (primary N) is 1. The van der Waals surface area contributed by atoms with Crippen molar-refractivity contribution in [3.63, 3.8) is 0 Å². The number of thiophene rings is 1. The molecule has 1 aromatic rings. The molecule has 0 radical (unpaired) electrons. The summed E-state index contributed by atoms with van der Waals surface area (Å²) in [5.74, 6) is 0. The highest BCUT2D eigenvalue weighted by Crippen LogP contribution is 2.31. The van der Waals surface area contributed by atoms with E-state index in [1.165, 1.54) is 11.3 Å². The fourth-order valence-electron chi connectivity index (χ4n) is 2.23. The van der Waals surface area contributed by atoms with Crippen molar-refractivity contribution in [2.24, 2.45) is 11.1 Å². The van der Waals surface area contributed by atoms with Crippen molar-refractivity contribution < 1.29 is 4.92 Å². The second kappa shape index (κ2) is 5.97. The fraction of sp³-hybridized carbons (Fsp3) is 0.636. The standard InChI is InChI=1S/C11H17N3O2S.ClH/c1-11(7-12)2-3-13(8-11)5-9-4-10(14(15)16)17-6-9;/h4,6H,2-3,5,7-8,12H2,1H3;1H. The SMILES string of the molecule is CC1(CN)CCN(Cc2csc([N+](=O)[O-])c2)C1.Cl. The summed E-state index contributed by atoms with van der Waals surface area (Å²) in [6.07, 6.45) is 1.11. The van der Waals surface area contributed by atoms with Gasteiger partial charge in [0.25, 0.3) is 0 Å². The molecule has 0 saturated carbocycles. The van der Waals surface area contributed by atoms with E-state index in [1.54, 1.807) is 6.07 Å². The van der Waals surface area contributed by atoms with Gasteiger partial charge < -0.3 is 5.73 Å². The molecule has 2 N–H and O–H groups in total. The number of nitrogens with zero attached hydrogens (tertiary/aromatic N) is 2. The maximum absolute atomic E-state index is 10.6. The van der Waals surface area contributed by atoms with Crippen LogP contribution in [-0.2, 0) is 6.54 Å². The van der Waals surface area contributed by atoms with Crippen LogP contribution in [0.4, 0.5) is 5.00 Å². The predicted molar refractivity (Wildman–Crippen MR) is 75.3 cm³/mol. The maximum Gasteiger partial charge on any atom is 0.324 e. The summed E-state index contributed by atoms with van der Waals surface area (Å²) < 4.78 is 0. The quantitative estimate of drug-likeness (QED) is 0.682. The summed E-state index contributed by atoms with van der Waals surface area (Å²) in [4.78, 5) is 12.6. The molecule has 0 aliphatic carbocycles. The number of halogens is 1. The van der Waals surface area contributed by atoms with E-state index in [4.69, 9.17) is 5.73 Å². The van der Waals surface area contributed by atoms with E-state index in [0.717, 1.165) is 31.6 Å². The number of hydrogen-bond acceptors (Lipinski definition) is 5. The van der Waals surface area contributed by atoms with Gasteiger partial charge in [0.1, 0.15) is 0 Å². The zero-order valence-corrected chi connectivity index (χ0v) is 11.9. The lowest BCUT2D eigenvalue weighted by Crippen LogP contribution is -2.31. The van der Waals surface area contributed by atoms with Crippen molar-refractivity contribution in [1.82, 2.24) is 4.90 Å². The summed E-state index contributed by atoms with van der Waals surface area (Å²) in [5.41, 5.74) is 6.99. The Morgan fingerprint density at radius 2 is 2.39 bits per heavy atom. The van der Waals surface area contributed by atoms with Crippen molar-refractivity contribution in [1.29, 1.82) is 0 Å². The molecule has 0 bridgehead atoms. The van der Waals surface area contributed by atoms with Gasteiger partial charge in [-0.2, -0.15) is 0 Å². The molecule has 1 aliphatic heterocycles. The molecule has 2 rings (SSSR count). The van der Waals surface area contributed by atoms with Crippen LogP contribution in [0.3, 0.4) is 0 Å². The molecule has 102 valence electrons. The Kier molecular flexibility index (Phi) is 5.10. The number of nitro groups is 1. The Hall–Kier alpha value is -0.690. The zero-order valence-electron chi connectivity index (χ0n) is 10.3. The summed E-state index contributed by atoms with van der Waals surface area (Å²) in [5, 5.41) is 12.7. The van der Waals surface area contributed by atoms with Crippen molar-refractivity contribution in [2.75, 3.05) is 19.6 Å². The fourth-order valence-corrected chi connectivity index (χ4v) is 2.95. The van der Waals surface area contributed by atoms with Crippen molar-refractivity contribution in [3.05, 3.63) is 27.1 Å². The third kappa shape index (κ3) is 3.41.